The van der Waals surface area contributed by atoms with Crippen molar-refractivity contribution in [3.05, 3.63) is 18.3 Å². The minimum absolute atomic E-state index is 0.483. The monoisotopic (exact) mass is 318 g/mol. The molecule has 0 saturated carbocycles. The highest BCUT2D eigenvalue weighted by molar-refractivity contribution is 5.83. The number of hydrogen-bond donors (Lipinski definition) is 2. The second kappa shape index (κ2) is 6.35. The molecule has 1 aromatic heterocycles. The first-order valence-corrected chi connectivity index (χ1v) is 8.37. The first-order chi connectivity index (χ1) is 10.9. The predicted molar refractivity (Wildman–Crippen MR) is 90.7 cm³/mol. The molecule has 23 heavy (non-hydrogen) atoms. The minimum Gasteiger partial charge on any atom is -0.444 e. The number of pyridine rings is 1. The van der Waals surface area contributed by atoms with E-state index in [-0.39, 0.29) is 0 Å². The van der Waals surface area contributed by atoms with Crippen molar-refractivity contribution >= 4 is 17.6 Å². The molecule has 6 nitrogen and oxygen atoms in total. The number of amides is 1. The van der Waals surface area contributed by atoms with Crippen LogP contribution >= 0.6 is 0 Å². The fourth-order valence-electron chi connectivity index (χ4n) is 3.43. The van der Waals surface area contributed by atoms with Crippen LogP contribution in [0.1, 0.15) is 40.0 Å². The Hall–Kier alpha value is -1.82. The second-order valence-corrected chi connectivity index (χ2v) is 7.34. The third kappa shape index (κ3) is 4.13. The van der Waals surface area contributed by atoms with E-state index in [1.54, 1.807) is 12.3 Å². The van der Waals surface area contributed by atoms with E-state index in [4.69, 9.17) is 4.74 Å². The molecule has 2 fully saturated rings. The van der Waals surface area contributed by atoms with Gasteiger partial charge in [0.1, 0.15) is 11.4 Å². The zero-order valence-electron chi connectivity index (χ0n) is 14.1. The van der Waals surface area contributed by atoms with E-state index in [0.29, 0.717) is 17.9 Å². The Morgan fingerprint density at radius 2 is 2.13 bits per heavy atom. The number of anilines is 2. The highest BCUT2D eigenvalue weighted by Gasteiger charge is 2.36. The van der Waals surface area contributed by atoms with Crippen LogP contribution in [0.5, 0.6) is 0 Å². The van der Waals surface area contributed by atoms with Crippen molar-refractivity contribution < 1.29 is 9.53 Å². The minimum atomic E-state index is -0.513. The van der Waals surface area contributed by atoms with Gasteiger partial charge in [-0.1, -0.05) is 0 Å². The van der Waals surface area contributed by atoms with Crippen LogP contribution < -0.4 is 10.6 Å². The molecule has 3 rings (SSSR count). The molecule has 2 aliphatic rings. The van der Waals surface area contributed by atoms with Gasteiger partial charge in [0.15, 0.2) is 0 Å². The summed E-state index contributed by atoms with van der Waals surface area (Å²) in [5.41, 5.74) is 0.486. The average Bonchev–Trinajstić information content (AvgIpc) is 3.04. The Bertz CT molecular complexity index is 553. The summed E-state index contributed by atoms with van der Waals surface area (Å²) in [4.78, 5) is 18.6. The molecule has 2 aliphatic heterocycles. The number of nitrogens with zero attached hydrogens (tertiary/aromatic N) is 2. The third-order valence-corrected chi connectivity index (χ3v) is 4.35. The highest BCUT2D eigenvalue weighted by Crippen LogP contribution is 2.30. The maximum absolute atomic E-state index is 11.7. The van der Waals surface area contributed by atoms with Crippen LogP contribution in [0.15, 0.2) is 18.3 Å². The van der Waals surface area contributed by atoms with Gasteiger partial charge >= 0.3 is 6.09 Å². The van der Waals surface area contributed by atoms with Gasteiger partial charge in [-0.2, -0.15) is 0 Å². The van der Waals surface area contributed by atoms with Crippen molar-refractivity contribution in [2.45, 2.75) is 57.7 Å². The maximum Gasteiger partial charge on any atom is 0.413 e. The molecule has 1 aromatic rings. The molecule has 0 spiro atoms. The summed E-state index contributed by atoms with van der Waals surface area (Å²) in [6, 6.07) is 4.92. The molecule has 0 bridgehead atoms. The molecule has 2 atom stereocenters. The van der Waals surface area contributed by atoms with E-state index in [2.05, 4.69) is 20.5 Å². The average molecular weight is 318 g/mol. The lowest BCUT2D eigenvalue weighted by Crippen LogP contribution is -2.33. The van der Waals surface area contributed by atoms with Crippen molar-refractivity contribution in [2.24, 2.45) is 0 Å². The van der Waals surface area contributed by atoms with Crippen LogP contribution in [0.3, 0.4) is 0 Å². The topological polar surface area (TPSA) is 66.5 Å². The standard InChI is InChI=1S/C17H26N4O2/c1-17(2,3)23-16(22)20-15-7-6-12(11-18-15)19-13-8-10-21-9-4-5-14(13)21/h6-7,11,13-14,19H,4-5,8-10H2,1-3H3,(H,18,20,22). The molecule has 3 heterocycles. The number of ether oxygens (including phenoxy) is 1. The van der Waals surface area contributed by atoms with Gasteiger partial charge in [-0.3, -0.25) is 10.2 Å². The van der Waals surface area contributed by atoms with Crippen molar-refractivity contribution in [3.8, 4) is 0 Å². The molecule has 0 aliphatic carbocycles. The summed E-state index contributed by atoms with van der Waals surface area (Å²) in [6.45, 7) is 7.93. The van der Waals surface area contributed by atoms with Crippen molar-refractivity contribution in [2.75, 3.05) is 23.7 Å². The molecular weight excluding hydrogens is 292 g/mol. The SMILES string of the molecule is CC(C)(C)OC(=O)Nc1ccc(NC2CCN3CCCC23)cn1. The molecule has 2 saturated heterocycles. The van der Waals surface area contributed by atoms with Crippen LogP contribution in [-0.2, 0) is 4.74 Å². The van der Waals surface area contributed by atoms with Crippen LogP contribution in [-0.4, -0.2) is 46.8 Å². The zero-order chi connectivity index (χ0) is 16.4. The van der Waals surface area contributed by atoms with Crippen LogP contribution in [0.2, 0.25) is 0 Å². The van der Waals surface area contributed by atoms with E-state index < -0.39 is 11.7 Å². The number of carbonyl (C=O) groups is 1. The zero-order valence-corrected chi connectivity index (χ0v) is 14.1. The Morgan fingerprint density at radius 3 is 2.83 bits per heavy atom. The van der Waals surface area contributed by atoms with Crippen molar-refractivity contribution in [1.82, 2.24) is 9.88 Å². The molecule has 0 radical (unpaired) electrons. The third-order valence-electron chi connectivity index (χ3n) is 4.35. The lowest BCUT2D eigenvalue weighted by Gasteiger charge is -2.22. The van der Waals surface area contributed by atoms with Crippen LogP contribution in [0, 0.1) is 0 Å². The normalized spacial score (nSPS) is 24.3. The second-order valence-electron chi connectivity index (χ2n) is 7.34. The first-order valence-electron chi connectivity index (χ1n) is 8.37. The van der Waals surface area contributed by atoms with Gasteiger partial charge in [0.05, 0.1) is 11.9 Å². The van der Waals surface area contributed by atoms with E-state index in [1.165, 1.54) is 32.4 Å². The van der Waals surface area contributed by atoms with Gasteiger partial charge in [0.25, 0.3) is 0 Å². The fourth-order valence-corrected chi connectivity index (χ4v) is 3.43. The molecular formula is C17H26N4O2. The summed E-state index contributed by atoms with van der Waals surface area (Å²) in [7, 11) is 0. The van der Waals surface area contributed by atoms with Gasteiger partial charge in [-0.15, -0.1) is 0 Å². The first kappa shape index (κ1) is 16.1. The molecule has 6 heteroatoms. The van der Waals surface area contributed by atoms with Gasteiger partial charge in [-0.25, -0.2) is 9.78 Å². The van der Waals surface area contributed by atoms with E-state index >= 15 is 0 Å². The molecule has 1 amide bonds. The summed E-state index contributed by atoms with van der Waals surface area (Å²) in [5, 5.41) is 6.23. The molecule has 126 valence electrons. The lowest BCUT2D eigenvalue weighted by atomic mass is 10.1. The van der Waals surface area contributed by atoms with Gasteiger partial charge < -0.3 is 10.1 Å². The van der Waals surface area contributed by atoms with E-state index in [9.17, 15) is 4.79 Å². The van der Waals surface area contributed by atoms with E-state index in [1.807, 2.05) is 26.8 Å². The summed E-state index contributed by atoms with van der Waals surface area (Å²) in [5.74, 6) is 0.499. The number of carbonyl (C=O) groups excluding carboxylic acids is 1. The summed E-state index contributed by atoms with van der Waals surface area (Å²) >= 11 is 0. The number of nitrogens with one attached hydrogen (secondary N) is 2. The highest BCUT2D eigenvalue weighted by atomic mass is 16.6. The quantitative estimate of drug-likeness (QED) is 0.896. The van der Waals surface area contributed by atoms with E-state index in [0.717, 1.165) is 5.69 Å². The Morgan fingerprint density at radius 1 is 1.30 bits per heavy atom. The molecule has 0 aromatic carbocycles. The number of fused-ring (bicyclic) bond motifs is 1. The lowest BCUT2D eigenvalue weighted by molar-refractivity contribution is 0.0635. The Balaban J connectivity index is 1.54. The van der Waals surface area contributed by atoms with Crippen molar-refractivity contribution in [3.63, 3.8) is 0 Å². The van der Waals surface area contributed by atoms with Gasteiger partial charge in [0.2, 0.25) is 0 Å². The summed E-state index contributed by atoms with van der Waals surface area (Å²) < 4.78 is 5.22. The maximum atomic E-state index is 11.7. The van der Waals surface area contributed by atoms with Crippen LogP contribution in [0.25, 0.3) is 0 Å². The summed E-state index contributed by atoms with van der Waals surface area (Å²) in [6.07, 6.45) is 5.05. The van der Waals surface area contributed by atoms with Gasteiger partial charge in [0, 0.05) is 18.6 Å². The largest absolute Gasteiger partial charge is 0.444 e. The number of rotatable bonds is 3. The Kier molecular flexibility index (Phi) is 4.43. The number of hydrogen-bond acceptors (Lipinski definition) is 5. The molecule has 2 unspecified atom stereocenters. The van der Waals surface area contributed by atoms with Crippen LogP contribution in [0.4, 0.5) is 16.3 Å². The smallest absolute Gasteiger partial charge is 0.413 e. The molecule has 2 N–H and O–H groups in total. The fraction of sp³-hybridized carbons (Fsp3) is 0.647. The number of aromatic nitrogens is 1. The predicted octanol–water partition coefficient (Wildman–Crippen LogP) is 3.08. The van der Waals surface area contributed by atoms with Gasteiger partial charge in [-0.05, 0) is 58.7 Å². The Labute approximate surface area is 137 Å². The van der Waals surface area contributed by atoms with Crippen molar-refractivity contribution in [1.29, 1.82) is 0 Å².